The van der Waals surface area contributed by atoms with E-state index in [0.29, 0.717) is 13.0 Å². The number of carbonyl (C=O) groups excluding carboxylic acids is 1. The number of hydrogen-bond donors (Lipinski definition) is 0. The molecule has 0 aliphatic carbocycles. The Labute approximate surface area is 225 Å². The first-order chi connectivity index (χ1) is 16.6. The van der Waals surface area contributed by atoms with Gasteiger partial charge in [-0.05, 0) is 65.3 Å². The summed E-state index contributed by atoms with van der Waals surface area (Å²) >= 11 is 0. The van der Waals surface area contributed by atoms with Gasteiger partial charge < -0.3 is 22.8 Å². The van der Waals surface area contributed by atoms with Gasteiger partial charge in [-0.2, -0.15) is 0 Å². The van der Waals surface area contributed by atoms with Crippen molar-refractivity contribution < 1.29 is 27.5 Å². The first-order valence-corrected chi connectivity index (χ1v) is 24.6. The Morgan fingerprint density at radius 3 is 1.81 bits per heavy atom. The largest absolute Gasteiger partial charge is 0.463 e. The fourth-order valence-electron chi connectivity index (χ4n) is 4.51. The summed E-state index contributed by atoms with van der Waals surface area (Å²) in [6.45, 7) is 22.5. The van der Waals surface area contributed by atoms with Gasteiger partial charge in [-0.25, -0.2) is 0 Å². The zero-order valence-electron chi connectivity index (χ0n) is 25.2. The summed E-state index contributed by atoms with van der Waals surface area (Å²) in [5.41, 5.74) is 0. The number of esters is 1. The summed E-state index contributed by atoms with van der Waals surface area (Å²) in [6.07, 6.45) is 10.6. The van der Waals surface area contributed by atoms with E-state index in [-0.39, 0.29) is 37.0 Å². The molecular weight excluding hydrogens is 505 g/mol. The van der Waals surface area contributed by atoms with Crippen LogP contribution in [0.5, 0.6) is 0 Å². The van der Waals surface area contributed by atoms with Gasteiger partial charge in [0.15, 0.2) is 25.0 Å². The number of rotatable bonds is 19. The van der Waals surface area contributed by atoms with Gasteiger partial charge in [-0.1, -0.05) is 58.3 Å². The lowest BCUT2D eigenvalue weighted by molar-refractivity contribution is -0.150. The van der Waals surface area contributed by atoms with Crippen LogP contribution in [0, 0.1) is 0 Å². The summed E-state index contributed by atoms with van der Waals surface area (Å²) in [5, 5.41) is 0. The van der Waals surface area contributed by atoms with Gasteiger partial charge in [-0.3, -0.25) is 4.79 Å². The smallest absolute Gasteiger partial charge is 0.305 e. The second kappa shape index (κ2) is 16.2. The van der Waals surface area contributed by atoms with Crippen LogP contribution in [0.25, 0.3) is 0 Å². The van der Waals surface area contributed by atoms with Crippen molar-refractivity contribution in [3.63, 3.8) is 0 Å². The second-order valence-electron chi connectivity index (χ2n) is 13.3. The molecule has 1 heterocycles. The quantitative estimate of drug-likeness (QED) is 0.0922. The molecule has 4 atom stereocenters. The number of ether oxygens (including phenoxy) is 2. The average molecular weight is 563 g/mol. The molecule has 0 spiro atoms. The molecule has 9 heteroatoms. The summed E-state index contributed by atoms with van der Waals surface area (Å²) < 4.78 is 31.6. The fourth-order valence-corrected chi connectivity index (χ4v) is 7.83. The Bertz CT molecular complexity index is 612. The van der Waals surface area contributed by atoms with E-state index in [4.69, 9.17) is 22.8 Å². The lowest BCUT2D eigenvalue weighted by atomic mass is 10.1. The molecule has 1 aliphatic heterocycles. The molecule has 1 fully saturated rings. The predicted octanol–water partition coefficient (Wildman–Crippen LogP) is 7.51. The Morgan fingerprint density at radius 1 is 0.778 bits per heavy atom. The third-order valence-corrected chi connectivity index (χ3v) is 8.90. The zero-order valence-corrected chi connectivity index (χ0v) is 28.2. The van der Waals surface area contributed by atoms with E-state index in [1.54, 1.807) is 0 Å². The molecule has 0 saturated carbocycles. The molecule has 0 N–H and O–H groups in total. The molecule has 214 valence electrons. The maximum absolute atomic E-state index is 12.5. The maximum atomic E-state index is 12.5. The lowest BCUT2D eigenvalue weighted by Crippen LogP contribution is -2.52. The van der Waals surface area contributed by atoms with Crippen LogP contribution in [-0.2, 0) is 27.5 Å². The van der Waals surface area contributed by atoms with Gasteiger partial charge in [0, 0.05) is 6.42 Å². The van der Waals surface area contributed by atoms with Crippen molar-refractivity contribution >= 4 is 30.9 Å². The van der Waals surface area contributed by atoms with E-state index in [1.165, 1.54) is 44.9 Å². The van der Waals surface area contributed by atoms with Crippen molar-refractivity contribution in [1.82, 2.24) is 0 Å². The topological polar surface area (TPSA) is 63.2 Å². The number of carbonyl (C=O) groups is 1. The van der Waals surface area contributed by atoms with Gasteiger partial charge in [0.1, 0.15) is 24.9 Å². The predicted molar refractivity (Wildman–Crippen MR) is 157 cm³/mol. The van der Waals surface area contributed by atoms with E-state index >= 15 is 0 Å². The molecule has 0 bridgehead atoms. The molecule has 0 radical (unpaired) electrons. The Balaban J connectivity index is 2.65. The first-order valence-electron chi connectivity index (χ1n) is 14.4. The SMILES string of the molecule is CCCCCCCCCCCC(=O)OCC(O[Si](C)(C)C)[C@H]1OC[C@@H](O[Si](C)(C)C)[C@@H]1O[Si](C)(C)C. The molecule has 1 rings (SSSR count). The minimum atomic E-state index is -1.92. The highest BCUT2D eigenvalue weighted by Gasteiger charge is 2.47. The summed E-state index contributed by atoms with van der Waals surface area (Å²) in [4.78, 5) is 12.5. The van der Waals surface area contributed by atoms with Crippen molar-refractivity contribution in [2.24, 2.45) is 0 Å². The highest BCUT2D eigenvalue weighted by atomic mass is 28.4. The van der Waals surface area contributed by atoms with Crippen LogP contribution in [-0.4, -0.2) is 68.6 Å². The van der Waals surface area contributed by atoms with Crippen molar-refractivity contribution in [1.29, 1.82) is 0 Å². The average Bonchev–Trinajstić information content (AvgIpc) is 3.07. The molecule has 0 amide bonds. The first kappa shape index (κ1) is 34.0. The van der Waals surface area contributed by atoms with Crippen molar-refractivity contribution in [2.45, 2.75) is 154 Å². The minimum Gasteiger partial charge on any atom is -0.463 e. The lowest BCUT2D eigenvalue weighted by Gasteiger charge is -2.37. The highest BCUT2D eigenvalue weighted by Crippen LogP contribution is 2.30. The van der Waals surface area contributed by atoms with Gasteiger partial charge in [0.2, 0.25) is 0 Å². The second-order valence-corrected chi connectivity index (χ2v) is 26.7. The molecule has 1 unspecified atom stereocenters. The monoisotopic (exact) mass is 562 g/mol. The van der Waals surface area contributed by atoms with Crippen LogP contribution >= 0.6 is 0 Å². The van der Waals surface area contributed by atoms with Gasteiger partial charge >= 0.3 is 5.97 Å². The van der Waals surface area contributed by atoms with Crippen molar-refractivity contribution in [3.8, 4) is 0 Å². The van der Waals surface area contributed by atoms with E-state index in [1.807, 2.05) is 0 Å². The van der Waals surface area contributed by atoms with Gasteiger partial charge in [-0.15, -0.1) is 0 Å². The summed E-state index contributed by atoms with van der Waals surface area (Å²) in [7, 11) is -5.57. The van der Waals surface area contributed by atoms with E-state index in [9.17, 15) is 4.79 Å². The Morgan fingerprint density at radius 2 is 1.31 bits per heavy atom. The summed E-state index contributed by atoms with van der Waals surface area (Å²) in [5.74, 6) is -0.141. The van der Waals surface area contributed by atoms with Crippen molar-refractivity contribution in [3.05, 3.63) is 0 Å². The van der Waals surface area contributed by atoms with Gasteiger partial charge in [0.05, 0.1) is 12.7 Å². The zero-order chi connectivity index (χ0) is 27.4. The molecule has 1 saturated heterocycles. The minimum absolute atomic E-state index is 0.112. The highest BCUT2D eigenvalue weighted by molar-refractivity contribution is 6.70. The molecule has 0 aromatic carbocycles. The fraction of sp³-hybridized carbons (Fsp3) is 0.963. The van der Waals surface area contributed by atoms with Crippen LogP contribution in [0.15, 0.2) is 0 Å². The number of hydrogen-bond acceptors (Lipinski definition) is 6. The van der Waals surface area contributed by atoms with Crippen LogP contribution in [0.1, 0.15) is 71.1 Å². The Hall–Kier alpha value is -0.0394. The third-order valence-electron chi connectivity index (χ3n) is 5.90. The normalized spacial score (nSPS) is 22.1. The molecule has 36 heavy (non-hydrogen) atoms. The van der Waals surface area contributed by atoms with E-state index in [0.717, 1.165) is 12.8 Å². The molecule has 0 aromatic heterocycles. The molecule has 6 nitrogen and oxygen atoms in total. The summed E-state index contributed by atoms with van der Waals surface area (Å²) in [6, 6.07) is 0. The molecular formula is C27H58O6Si3. The Kier molecular flexibility index (Phi) is 15.3. The molecule has 0 aromatic rings. The number of unbranched alkanes of at least 4 members (excludes halogenated alkanes) is 8. The third kappa shape index (κ3) is 16.0. The maximum Gasteiger partial charge on any atom is 0.305 e. The van der Waals surface area contributed by atoms with Crippen LogP contribution in [0.2, 0.25) is 58.9 Å². The van der Waals surface area contributed by atoms with Crippen LogP contribution in [0.3, 0.4) is 0 Å². The van der Waals surface area contributed by atoms with Crippen molar-refractivity contribution in [2.75, 3.05) is 13.2 Å². The standard InChI is InChI=1S/C27H58O6Si3/c1-11-12-13-14-15-16-17-18-19-20-25(28)29-21-23(31-34(2,3)4)26-27(33-36(8,9)10)24(22-30-26)32-35(5,6)7/h23-24,26-27H,11-22H2,1-10H3/t23?,24-,26-,27+/m1/s1. The molecule has 1 aliphatic rings. The van der Waals surface area contributed by atoms with E-state index < -0.39 is 25.0 Å². The van der Waals surface area contributed by atoms with E-state index in [2.05, 4.69) is 65.8 Å². The van der Waals surface area contributed by atoms with Crippen LogP contribution in [0.4, 0.5) is 0 Å². The van der Waals surface area contributed by atoms with Gasteiger partial charge in [0.25, 0.3) is 0 Å². The van der Waals surface area contributed by atoms with Crippen LogP contribution < -0.4 is 0 Å².